The smallest absolute Gasteiger partial charge is 0.350 e. The molecular weight excluding hydrogens is 541 g/mol. The molecule has 178 valence electrons. The lowest BCUT2D eigenvalue weighted by molar-refractivity contribution is 0.0531. The summed E-state index contributed by atoms with van der Waals surface area (Å²) in [6.07, 6.45) is 5.39. The second kappa shape index (κ2) is 13.1. The average molecular weight is 576 g/mol. The van der Waals surface area contributed by atoms with Gasteiger partial charge in [-0.1, -0.05) is 6.42 Å². The van der Waals surface area contributed by atoms with Crippen LogP contribution in [0.3, 0.4) is 0 Å². The third kappa shape index (κ3) is 6.87. The summed E-state index contributed by atoms with van der Waals surface area (Å²) < 4.78 is 7.38. The Labute approximate surface area is 210 Å². The summed E-state index contributed by atoms with van der Waals surface area (Å²) in [5.41, 5.74) is 0.696. The molecule has 1 aliphatic heterocycles. The Bertz CT molecular complexity index is 912. The zero-order chi connectivity index (χ0) is 22.2. The summed E-state index contributed by atoms with van der Waals surface area (Å²) in [5.74, 6) is 2.52. The molecule has 0 saturated heterocycles. The van der Waals surface area contributed by atoms with E-state index in [2.05, 4.69) is 30.4 Å². The van der Waals surface area contributed by atoms with Crippen molar-refractivity contribution in [1.29, 1.82) is 0 Å². The van der Waals surface area contributed by atoms with Gasteiger partial charge < -0.3 is 19.9 Å². The van der Waals surface area contributed by atoms with E-state index in [0.717, 1.165) is 48.5 Å². The van der Waals surface area contributed by atoms with Crippen molar-refractivity contribution < 1.29 is 9.53 Å². The number of fused-ring (bicyclic) bond motifs is 1. The Kier molecular flexibility index (Phi) is 10.8. The van der Waals surface area contributed by atoms with Crippen molar-refractivity contribution in [2.24, 2.45) is 4.99 Å². The number of nitrogens with one attached hydrogen (secondary N) is 2. The van der Waals surface area contributed by atoms with Crippen LogP contribution in [-0.2, 0) is 24.1 Å². The summed E-state index contributed by atoms with van der Waals surface area (Å²) in [6, 6.07) is -0.0889. The van der Waals surface area contributed by atoms with Gasteiger partial charge >= 0.3 is 5.97 Å². The minimum absolute atomic E-state index is 0. The molecule has 1 atom stereocenters. The second-order valence-corrected chi connectivity index (χ2v) is 8.59. The molecule has 0 amide bonds. The Hall–Kier alpha value is -1.76. The first-order valence-electron chi connectivity index (χ1n) is 11.1. The maximum absolute atomic E-state index is 12.1. The maximum Gasteiger partial charge on any atom is 0.350 e. The van der Waals surface area contributed by atoms with Crippen LogP contribution >= 0.6 is 35.3 Å². The quantitative estimate of drug-likeness (QED) is 0.215. The fraction of sp³-hybridized carbons (Fsp3) is 0.667. The highest BCUT2D eigenvalue weighted by molar-refractivity contribution is 14.0. The number of rotatable bonds is 8. The molecule has 32 heavy (non-hydrogen) atoms. The number of nitrogens with zero attached hydrogens (tertiary/aromatic N) is 5. The molecule has 2 aromatic rings. The van der Waals surface area contributed by atoms with E-state index in [1.807, 2.05) is 20.8 Å². The van der Waals surface area contributed by atoms with Crippen LogP contribution in [0.4, 0.5) is 0 Å². The molecule has 0 bridgehead atoms. The third-order valence-corrected chi connectivity index (χ3v) is 6.45. The molecular formula is C21H34IN7O2S. The van der Waals surface area contributed by atoms with Crippen LogP contribution in [0.25, 0.3) is 0 Å². The number of aromatic nitrogens is 4. The Morgan fingerprint density at radius 3 is 2.84 bits per heavy atom. The Morgan fingerprint density at radius 2 is 2.09 bits per heavy atom. The highest BCUT2D eigenvalue weighted by atomic mass is 127. The lowest BCUT2D eigenvalue weighted by atomic mass is 10.2. The molecule has 0 aromatic carbocycles. The number of halogens is 1. The van der Waals surface area contributed by atoms with Crippen LogP contribution in [0, 0.1) is 6.92 Å². The van der Waals surface area contributed by atoms with Gasteiger partial charge in [-0.25, -0.2) is 9.78 Å². The Balaban J connectivity index is 0.00000363. The minimum Gasteiger partial charge on any atom is -0.462 e. The van der Waals surface area contributed by atoms with Gasteiger partial charge in [-0.3, -0.25) is 4.99 Å². The van der Waals surface area contributed by atoms with Crippen LogP contribution in [0.15, 0.2) is 4.99 Å². The standard InChI is InChI=1S/C21H33N7O2S.HI/c1-5-22-21(23-12-11-17-27-26-16-10-8-7-9-13-28(16)17)25-15(4)19-24-14(3)18(31-19)20(29)30-6-2;/h15H,5-13H2,1-4H3,(H2,22,23,25);1H. The van der Waals surface area contributed by atoms with E-state index in [1.54, 1.807) is 6.92 Å². The van der Waals surface area contributed by atoms with Gasteiger partial charge in [0.25, 0.3) is 0 Å². The SMILES string of the molecule is CCNC(=NCCc1nnc2n1CCCCC2)NC(C)c1nc(C)c(C(=O)OCC)s1.I. The molecule has 0 fully saturated rings. The van der Waals surface area contributed by atoms with Gasteiger partial charge in [0.2, 0.25) is 0 Å². The van der Waals surface area contributed by atoms with Crippen molar-refractivity contribution in [2.75, 3.05) is 19.7 Å². The summed E-state index contributed by atoms with van der Waals surface area (Å²) in [6.45, 7) is 10.4. The van der Waals surface area contributed by atoms with Crippen LogP contribution in [-0.4, -0.2) is 51.4 Å². The van der Waals surface area contributed by atoms with Gasteiger partial charge in [-0.2, -0.15) is 0 Å². The van der Waals surface area contributed by atoms with Gasteiger partial charge in [-0.15, -0.1) is 45.5 Å². The third-order valence-electron chi connectivity index (χ3n) is 5.13. The van der Waals surface area contributed by atoms with Gasteiger partial charge in [0, 0.05) is 32.5 Å². The van der Waals surface area contributed by atoms with Gasteiger partial charge in [-0.05, 0) is 40.5 Å². The summed E-state index contributed by atoms with van der Waals surface area (Å²) in [7, 11) is 0. The topological polar surface area (TPSA) is 106 Å². The normalized spacial score (nSPS) is 14.7. The van der Waals surface area contributed by atoms with E-state index in [4.69, 9.17) is 9.73 Å². The van der Waals surface area contributed by atoms with Crippen molar-refractivity contribution in [3.8, 4) is 0 Å². The molecule has 2 N–H and O–H groups in total. The van der Waals surface area contributed by atoms with Crippen molar-refractivity contribution in [1.82, 2.24) is 30.4 Å². The largest absolute Gasteiger partial charge is 0.462 e. The highest BCUT2D eigenvalue weighted by Gasteiger charge is 2.20. The van der Waals surface area contributed by atoms with Crippen LogP contribution in [0.2, 0.25) is 0 Å². The van der Waals surface area contributed by atoms with Gasteiger partial charge in [0.05, 0.1) is 18.3 Å². The van der Waals surface area contributed by atoms with Crippen LogP contribution < -0.4 is 10.6 Å². The minimum atomic E-state index is -0.316. The van der Waals surface area contributed by atoms with Gasteiger partial charge in [0.15, 0.2) is 5.96 Å². The number of guanidine groups is 1. The first kappa shape index (κ1) is 26.5. The zero-order valence-electron chi connectivity index (χ0n) is 19.3. The van der Waals surface area contributed by atoms with Crippen molar-refractivity contribution in [3.63, 3.8) is 0 Å². The number of hydrogen-bond donors (Lipinski definition) is 2. The van der Waals surface area contributed by atoms with E-state index in [0.29, 0.717) is 23.7 Å². The van der Waals surface area contributed by atoms with E-state index in [-0.39, 0.29) is 36.0 Å². The predicted octanol–water partition coefficient (Wildman–Crippen LogP) is 3.42. The van der Waals surface area contributed by atoms with Crippen molar-refractivity contribution in [3.05, 3.63) is 27.2 Å². The molecule has 3 rings (SSSR count). The van der Waals surface area contributed by atoms with E-state index in [1.165, 1.54) is 30.6 Å². The van der Waals surface area contributed by atoms with E-state index in [9.17, 15) is 4.79 Å². The Morgan fingerprint density at radius 1 is 1.28 bits per heavy atom. The van der Waals surface area contributed by atoms with Gasteiger partial charge in [0.1, 0.15) is 21.5 Å². The number of ether oxygens (including phenoxy) is 1. The number of carbonyl (C=O) groups excluding carboxylic acids is 1. The number of carbonyl (C=O) groups is 1. The number of hydrogen-bond acceptors (Lipinski definition) is 7. The van der Waals surface area contributed by atoms with Crippen LogP contribution in [0.1, 0.15) is 78.1 Å². The second-order valence-electron chi connectivity index (χ2n) is 7.56. The fourth-order valence-electron chi connectivity index (χ4n) is 3.57. The lowest BCUT2D eigenvalue weighted by Crippen LogP contribution is -2.38. The van der Waals surface area contributed by atoms with Crippen molar-refractivity contribution >= 4 is 47.2 Å². The van der Waals surface area contributed by atoms with Crippen molar-refractivity contribution in [2.45, 2.75) is 72.4 Å². The molecule has 0 saturated carbocycles. The molecule has 1 unspecified atom stereocenters. The van der Waals surface area contributed by atoms with Crippen LogP contribution in [0.5, 0.6) is 0 Å². The predicted molar refractivity (Wildman–Crippen MR) is 137 cm³/mol. The van der Waals surface area contributed by atoms with E-state index < -0.39 is 0 Å². The molecule has 0 aliphatic carbocycles. The number of esters is 1. The fourth-order valence-corrected chi connectivity index (χ4v) is 4.54. The molecule has 0 radical (unpaired) electrons. The highest BCUT2D eigenvalue weighted by Crippen LogP contribution is 2.24. The summed E-state index contributed by atoms with van der Waals surface area (Å²) >= 11 is 1.36. The monoisotopic (exact) mass is 575 g/mol. The summed E-state index contributed by atoms with van der Waals surface area (Å²) in [5, 5.41) is 16.3. The molecule has 1 aliphatic rings. The maximum atomic E-state index is 12.1. The molecule has 9 nitrogen and oxygen atoms in total. The average Bonchev–Trinajstić information content (AvgIpc) is 3.23. The molecule has 3 heterocycles. The number of aliphatic imine (C=N–C) groups is 1. The zero-order valence-corrected chi connectivity index (χ0v) is 22.5. The lowest BCUT2D eigenvalue weighted by Gasteiger charge is -2.16. The number of thiazole rings is 1. The number of aryl methyl sites for hydroxylation is 2. The first-order valence-corrected chi connectivity index (χ1v) is 11.9. The van der Waals surface area contributed by atoms with E-state index >= 15 is 0 Å². The molecule has 2 aromatic heterocycles. The molecule has 11 heteroatoms. The molecule has 0 spiro atoms. The summed E-state index contributed by atoms with van der Waals surface area (Å²) in [4.78, 5) is 21.9. The first-order chi connectivity index (χ1) is 15.0.